The Bertz CT molecular complexity index is 227. The summed E-state index contributed by atoms with van der Waals surface area (Å²) in [6.07, 6.45) is 0.319. The van der Waals surface area contributed by atoms with E-state index in [-0.39, 0.29) is 0 Å². The molecule has 0 aromatic heterocycles. The fraction of sp³-hybridized carbons (Fsp3) is 0.750. The molecule has 1 unspecified atom stereocenters. The van der Waals surface area contributed by atoms with Crippen molar-refractivity contribution >= 4 is 11.8 Å². The van der Waals surface area contributed by atoms with Crippen LogP contribution in [0.3, 0.4) is 0 Å². The molecule has 1 heterocycles. The molecule has 74 valence electrons. The summed E-state index contributed by atoms with van der Waals surface area (Å²) in [5.74, 6) is -0.909. The van der Waals surface area contributed by atoms with Crippen molar-refractivity contribution < 1.29 is 14.7 Å². The quantitative estimate of drug-likeness (QED) is 0.570. The Kier molecular flexibility index (Phi) is 2.87. The predicted molar refractivity (Wildman–Crippen MR) is 45.6 cm³/mol. The Morgan fingerprint density at radius 3 is 2.69 bits per heavy atom. The highest BCUT2D eigenvalue weighted by molar-refractivity contribution is 5.88. The smallest absolute Gasteiger partial charge is 0.251 e. The van der Waals surface area contributed by atoms with Gasteiger partial charge in [0, 0.05) is 6.54 Å². The van der Waals surface area contributed by atoms with E-state index < -0.39 is 24.0 Å². The van der Waals surface area contributed by atoms with Crippen molar-refractivity contribution in [3.05, 3.63) is 0 Å². The predicted octanol–water partition coefficient (Wildman–Crippen LogP) is -1.16. The summed E-state index contributed by atoms with van der Waals surface area (Å²) in [5.41, 5.74) is 5.11. The third-order valence-corrected chi connectivity index (χ3v) is 2.22. The van der Waals surface area contributed by atoms with Crippen molar-refractivity contribution in [3.63, 3.8) is 0 Å². The van der Waals surface area contributed by atoms with E-state index in [4.69, 9.17) is 10.8 Å². The molecule has 0 aromatic rings. The van der Waals surface area contributed by atoms with Gasteiger partial charge in [0.1, 0.15) is 12.1 Å². The number of nitrogens with zero attached hydrogens (tertiary/aromatic N) is 1. The van der Waals surface area contributed by atoms with Crippen molar-refractivity contribution in [2.75, 3.05) is 6.54 Å². The maximum absolute atomic E-state index is 11.3. The second-order valence-corrected chi connectivity index (χ2v) is 3.27. The van der Waals surface area contributed by atoms with Gasteiger partial charge in [-0.15, -0.1) is 0 Å². The maximum atomic E-state index is 11.3. The average Bonchev–Trinajstić information content (AvgIpc) is 2.50. The summed E-state index contributed by atoms with van der Waals surface area (Å²) in [4.78, 5) is 23.6. The lowest BCUT2D eigenvalue weighted by Crippen LogP contribution is -2.47. The number of primary amides is 1. The molecule has 1 rings (SSSR count). The largest absolute Gasteiger partial charge is 0.384 e. The maximum Gasteiger partial charge on any atom is 0.251 e. The number of nitrogens with two attached hydrogens (primary N) is 1. The monoisotopic (exact) mass is 186 g/mol. The van der Waals surface area contributed by atoms with Gasteiger partial charge in [-0.05, 0) is 19.8 Å². The minimum Gasteiger partial charge on any atom is -0.384 e. The minimum atomic E-state index is -1.06. The van der Waals surface area contributed by atoms with Crippen LogP contribution in [0.4, 0.5) is 0 Å². The molecule has 5 nitrogen and oxygen atoms in total. The van der Waals surface area contributed by atoms with Gasteiger partial charge in [-0.1, -0.05) is 0 Å². The Morgan fingerprint density at radius 1 is 1.62 bits per heavy atom. The van der Waals surface area contributed by atoms with Gasteiger partial charge in [0.15, 0.2) is 0 Å². The van der Waals surface area contributed by atoms with Crippen LogP contribution in [0.2, 0.25) is 0 Å². The fourth-order valence-electron chi connectivity index (χ4n) is 1.57. The first-order valence-corrected chi connectivity index (χ1v) is 4.32. The van der Waals surface area contributed by atoms with E-state index in [2.05, 4.69) is 0 Å². The molecule has 5 heteroatoms. The van der Waals surface area contributed by atoms with Crippen molar-refractivity contribution in [3.8, 4) is 0 Å². The van der Waals surface area contributed by atoms with Crippen LogP contribution in [0, 0.1) is 0 Å². The molecule has 1 aliphatic heterocycles. The van der Waals surface area contributed by atoms with Gasteiger partial charge in [0.05, 0.1) is 0 Å². The Balaban J connectivity index is 2.68. The van der Waals surface area contributed by atoms with Crippen LogP contribution in [0.15, 0.2) is 0 Å². The number of aliphatic hydroxyl groups is 1. The molecule has 2 atom stereocenters. The summed E-state index contributed by atoms with van der Waals surface area (Å²) < 4.78 is 0. The molecule has 1 saturated heterocycles. The number of hydrogen-bond acceptors (Lipinski definition) is 3. The van der Waals surface area contributed by atoms with E-state index in [1.807, 2.05) is 0 Å². The van der Waals surface area contributed by atoms with E-state index in [0.717, 1.165) is 6.42 Å². The molecule has 0 radical (unpaired) electrons. The highest BCUT2D eigenvalue weighted by Crippen LogP contribution is 2.17. The van der Waals surface area contributed by atoms with Crippen LogP contribution in [-0.4, -0.2) is 40.5 Å². The van der Waals surface area contributed by atoms with Gasteiger partial charge in [-0.2, -0.15) is 0 Å². The highest BCUT2D eigenvalue weighted by atomic mass is 16.3. The standard InChI is InChI=1S/C8H14N2O3/c1-5(11)8(13)10-4-2-3-6(10)7(9)12/h5-6,11H,2-4H2,1H3,(H2,9,12)/t5-,6?/m0/s1. The zero-order valence-electron chi connectivity index (χ0n) is 7.56. The molecule has 1 aliphatic rings. The van der Waals surface area contributed by atoms with E-state index in [9.17, 15) is 9.59 Å². The molecule has 0 spiro atoms. The van der Waals surface area contributed by atoms with Gasteiger partial charge in [-0.3, -0.25) is 9.59 Å². The lowest BCUT2D eigenvalue weighted by Gasteiger charge is -2.23. The molecule has 0 saturated carbocycles. The third-order valence-electron chi connectivity index (χ3n) is 2.22. The van der Waals surface area contributed by atoms with Crippen LogP contribution in [0.5, 0.6) is 0 Å². The zero-order chi connectivity index (χ0) is 10.0. The van der Waals surface area contributed by atoms with E-state index >= 15 is 0 Å². The van der Waals surface area contributed by atoms with Crippen molar-refractivity contribution in [1.82, 2.24) is 4.90 Å². The number of carbonyl (C=O) groups is 2. The number of amides is 2. The third kappa shape index (κ3) is 1.98. The van der Waals surface area contributed by atoms with Crippen LogP contribution < -0.4 is 5.73 Å². The second-order valence-electron chi connectivity index (χ2n) is 3.27. The number of aliphatic hydroxyl groups excluding tert-OH is 1. The topological polar surface area (TPSA) is 83.6 Å². The molecular weight excluding hydrogens is 172 g/mol. The number of carbonyl (C=O) groups excluding carboxylic acids is 2. The van der Waals surface area contributed by atoms with Gasteiger partial charge >= 0.3 is 0 Å². The van der Waals surface area contributed by atoms with E-state index in [1.54, 1.807) is 0 Å². The van der Waals surface area contributed by atoms with Gasteiger partial charge in [0.25, 0.3) is 5.91 Å². The van der Waals surface area contributed by atoms with Crippen LogP contribution in [0.25, 0.3) is 0 Å². The van der Waals surface area contributed by atoms with Crippen molar-refractivity contribution in [1.29, 1.82) is 0 Å². The Labute approximate surface area is 76.5 Å². The zero-order valence-corrected chi connectivity index (χ0v) is 7.56. The summed E-state index contributed by atoms with van der Waals surface area (Å²) in [6, 6.07) is -0.526. The SMILES string of the molecule is C[C@H](O)C(=O)N1CCCC1C(N)=O. The van der Waals surface area contributed by atoms with Crippen molar-refractivity contribution in [2.24, 2.45) is 5.73 Å². The molecule has 3 N–H and O–H groups in total. The molecule has 0 aromatic carbocycles. The molecule has 0 aliphatic carbocycles. The molecule has 13 heavy (non-hydrogen) atoms. The van der Waals surface area contributed by atoms with Crippen molar-refractivity contribution in [2.45, 2.75) is 31.9 Å². The van der Waals surface area contributed by atoms with Crippen LogP contribution in [0.1, 0.15) is 19.8 Å². The van der Waals surface area contributed by atoms with Gasteiger partial charge < -0.3 is 15.7 Å². The first-order chi connectivity index (χ1) is 6.04. The number of likely N-dealkylation sites (tertiary alicyclic amines) is 1. The molecule has 0 bridgehead atoms. The lowest BCUT2D eigenvalue weighted by atomic mass is 10.2. The molecule has 2 amide bonds. The second kappa shape index (κ2) is 3.74. The fourth-order valence-corrected chi connectivity index (χ4v) is 1.57. The summed E-state index contributed by atoms with van der Waals surface area (Å²) in [7, 11) is 0. The summed E-state index contributed by atoms with van der Waals surface area (Å²) in [5, 5.41) is 9.04. The van der Waals surface area contributed by atoms with Crippen LogP contribution in [-0.2, 0) is 9.59 Å². The highest BCUT2D eigenvalue weighted by Gasteiger charge is 2.33. The first-order valence-electron chi connectivity index (χ1n) is 4.32. The number of rotatable bonds is 2. The summed E-state index contributed by atoms with van der Waals surface area (Å²) >= 11 is 0. The average molecular weight is 186 g/mol. The van der Waals surface area contributed by atoms with Crippen LogP contribution >= 0.6 is 0 Å². The Morgan fingerprint density at radius 2 is 2.23 bits per heavy atom. The normalized spacial score (nSPS) is 24.5. The van der Waals surface area contributed by atoms with E-state index in [0.29, 0.717) is 13.0 Å². The van der Waals surface area contributed by atoms with Gasteiger partial charge in [0.2, 0.25) is 5.91 Å². The number of hydrogen-bond donors (Lipinski definition) is 2. The summed E-state index contributed by atoms with van der Waals surface area (Å²) in [6.45, 7) is 1.90. The Hall–Kier alpha value is -1.10. The first kappa shape index (κ1) is 9.98. The lowest BCUT2D eigenvalue weighted by molar-refractivity contribution is -0.143. The minimum absolute atomic E-state index is 0.415. The molecule has 1 fully saturated rings. The van der Waals surface area contributed by atoms with E-state index in [1.165, 1.54) is 11.8 Å². The molecular formula is C8H14N2O3. The van der Waals surface area contributed by atoms with Gasteiger partial charge in [-0.25, -0.2) is 0 Å².